The standard InChI is InChI=1S/C13H14BrNO3S/c1-9(16)8-15-19(17,18)13-7-6-12(14)10-4-2-3-5-11(10)13/h2-7,9,15-16H,8H2,1H3/t9-/m1/s1. The minimum atomic E-state index is -3.63. The van der Waals surface area contributed by atoms with E-state index in [9.17, 15) is 13.5 Å². The zero-order valence-electron chi connectivity index (χ0n) is 10.3. The van der Waals surface area contributed by atoms with Gasteiger partial charge in [0.15, 0.2) is 0 Å². The van der Waals surface area contributed by atoms with E-state index in [1.165, 1.54) is 6.92 Å². The monoisotopic (exact) mass is 343 g/mol. The van der Waals surface area contributed by atoms with Crippen LogP contribution < -0.4 is 4.72 Å². The van der Waals surface area contributed by atoms with E-state index in [0.717, 1.165) is 9.86 Å². The second kappa shape index (κ2) is 5.58. The molecule has 102 valence electrons. The molecule has 2 aromatic rings. The van der Waals surface area contributed by atoms with Crippen LogP contribution in [0.1, 0.15) is 6.92 Å². The van der Waals surface area contributed by atoms with Gasteiger partial charge in [0.2, 0.25) is 10.0 Å². The molecule has 0 bridgehead atoms. The van der Waals surface area contributed by atoms with E-state index in [-0.39, 0.29) is 11.4 Å². The molecule has 0 radical (unpaired) electrons. The third kappa shape index (κ3) is 3.14. The molecule has 0 aliphatic heterocycles. The third-order valence-electron chi connectivity index (χ3n) is 2.69. The van der Waals surface area contributed by atoms with E-state index in [2.05, 4.69) is 20.7 Å². The Balaban J connectivity index is 2.54. The van der Waals surface area contributed by atoms with E-state index in [0.29, 0.717) is 5.39 Å². The number of fused-ring (bicyclic) bond motifs is 1. The van der Waals surface area contributed by atoms with Gasteiger partial charge in [-0.15, -0.1) is 0 Å². The number of hydrogen-bond donors (Lipinski definition) is 2. The molecule has 0 aliphatic carbocycles. The number of benzene rings is 2. The highest BCUT2D eigenvalue weighted by Crippen LogP contribution is 2.29. The molecule has 6 heteroatoms. The summed E-state index contributed by atoms with van der Waals surface area (Å²) < 4.78 is 27.7. The van der Waals surface area contributed by atoms with E-state index in [1.807, 2.05) is 12.1 Å². The van der Waals surface area contributed by atoms with Crippen molar-refractivity contribution >= 4 is 36.7 Å². The molecule has 2 N–H and O–H groups in total. The van der Waals surface area contributed by atoms with Crippen LogP contribution in [0.5, 0.6) is 0 Å². The highest BCUT2D eigenvalue weighted by Gasteiger charge is 2.18. The maximum Gasteiger partial charge on any atom is 0.241 e. The highest BCUT2D eigenvalue weighted by molar-refractivity contribution is 9.10. The van der Waals surface area contributed by atoms with Crippen molar-refractivity contribution in [3.05, 3.63) is 40.9 Å². The van der Waals surface area contributed by atoms with Crippen molar-refractivity contribution in [2.75, 3.05) is 6.54 Å². The largest absolute Gasteiger partial charge is 0.392 e. The van der Waals surface area contributed by atoms with Gasteiger partial charge in [-0.05, 0) is 24.4 Å². The maximum absolute atomic E-state index is 12.2. The summed E-state index contributed by atoms with van der Waals surface area (Å²) in [4.78, 5) is 0.215. The van der Waals surface area contributed by atoms with Gasteiger partial charge in [-0.2, -0.15) is 0 Å². The van der Waals surface area contributed by atoms with Gasteiger partial charge in [0, 0.05) is 16.4 Å². The number of nitrogens with one attached hydrogen (secondary N) is 1. The van der Waals surface area contributed by atoms with Crippen LogP contribution in [0.15, 0.2) is 45.8 Å². The van der Waals surface area contributed by atoms with Gasteiger partial charge in [0.1, 0.15) is 0 Å². The van der Waals surface area contributed by atoms with Gasteiger partial charge in [0.25, 0.3) is 0 Å². The fourth-order valence-corrected chi connectivity index (χ4v) is 3.59. The Morgan fingerprint density at radius 1 is 1.21 bits per heavy atom. The zero-order valence-corrected chi connectivity index (χ0v) is 12.7. The molecule has 2 aromatic carbocycles. The van der Waals surface area contributed by atoms with E-state index in [4.69, 9.17) is 0 Å². The van der Waals surface area contributed by atoms with Gasteiger partial charge in [0.05, 0.1) is 11.0 Å². The quantitative estimate of drug-likeness (QED) is 0.894. The summed E-state index contributed by atoms with van der Waals surface area (Å²) in [6.07, 6.45) is -0.725. The molecular weight excluding hydrogens is 330 g/mol. The number of aliphatic hydroxyl groups is 1. The van der Waals surface area contributed by atoms with Crippen molar-refractivity contribution in [1.82, 2.24) is 4.72 Å². The van der Waals surface area contributed by atoms with Crippen LogP contribution >= 0.6 is 15.9 Å². The van der Waals surface area contributed by atoms with Gasteiger partial charge < -0.3 is 5.11 Å². The van der Waals surface area contributed by atoms with Gasteiger partial charge >= 0.3 is 0 Å². The van der Waals surface area contributed by atoms with E-state index >= 15 is 0 Å². The summed E-state index contributed by atoms with van der Waals surface area (Å²) in [6.45, 7) is 1.52. The molecule has 0 saturated heterocycles. The predicted molar refractivity (Wildman–Crippen MR) is 78.5 cm³/mol. The average molecular weight is 344 g/mol. The first-order valence-electron chi connectivity index (χ1n) is 5.77. The maximum atomic E-state index is 12.2. The molecule has 0 aromatic heterocycles. The Kier molecular flexibility index (Phi) is 4.25. The minimum absolute atomic E-state index is 0.00722. The molecule has 0 aliphatic rings. The zero-order chi connectivity index (χ0) is 14.0. The summed E-state index contributed by atoms with van der Waals surface area (Å²) in [5, 5.41) is 10.7. The van der Waals surface area contributed by atoms with Crippen LogP contribution in [-0.2, 0) is 10.0 Å². The molecule has 4 nitrogen and oxygen atoms in total. The second-order valence-corrected chi connectivity index (χ2v) is 6.88. The molecule has 0 spiro atoms. The topological polar surface area (TPSA) is 66.4 Å². The second-order valence-electron chi connectivity index (χ2n) is 4.29. The first kappa shape index (κ1) is 14.5. The van der Waals surface area contributed by atoms with Crippen LogP contribution in [0.4, 0.5) is 0 Å². The normalized spacial score (nSPS) is 13.6. The van der Waals surface area contributed by atoms with Crippen LogP contribution in [-0.4, -0.2) is 26.2 Å². The lowest BCUT2D eigenvalue weighted by Crippen LogP contribution is -2.30. The number of rotatable bonds is 4. The summed E-state index contributed by atoms with van der Waals surface area (Å²) in [5.41, 5.74) is 0. The number of hydrogen-bond acceptors (Lipinski definition) is 3. The summed E-state index contributed by atoms with van der Waals surface area (Å²) >= 11 is 3.40. The highest BCUT2D eigenvalue weighted by atomic mass is 79.9. The molecule has 0 heterocycles. The van der Waals surface area contributed by atoms with Crippen molar-refractivity contribution in [1.29, 1.82) is 0 Å². The third-order valence-corrected chi connectivity index (χ3v) is 4.86. The van der Waals surface area contributed by atoms with E-state index < -0.39 is 16.1 Å². The summed E-state index contributed by atoms with van der Waals surface area (Å²) in [7, 11) is -3.63. The molecular formula is C13H14BrNO3S. The summed E-state index contributed by atoms with van der Waals surface area (Å²) in [5.74, 6) is 0. The van der Waals surface area contributed by atoms with Crippen LogP contribution in [0, 0.1) is 0 Å². The molecule has 19 heavy (non-hydrogen) atoms. The lowest BCUT2D eigenvalue weighted by Gasteiger charge is -2.11. The number of sulfonamides is 1. The molecule has 0 unspecified atom stereocenters. The lowest BCUT2D eigenvalue weighted by molar-refractivity contribution is 0.198. The molecule has 0 amide bonds. The minimum Gasteiger partial charge on any atom is -0.392 e. The SMILES string of the molecule is C[C@@H](O)CNS(=O)(=O)c1ccc(Br)c2ccccc12. The van der Waals surface area contributed by atoms with Crippen molar-refractivity contribution in [3.63, 3.8) is 0 Å². The van der Waals surface area contributed by atoms with Crippen molar-refractivity contribution in [2.24, 2.45) is 0 Å². The van der Waals surface area contributed by atoms with Crippen LogP contribution in [0.25, 0.3) is 10.8 Å². The Hall–Kier alpha value is -0.950. The fraction of sp³-hybridized carbons (Fsp3) is 0.231. The lowest BCUT2D eigenvalue weighted by atomic mass is 10.1. The Morgan fingerprint density at radius 2 is 1.84 bits per heavy atom. The van der Waals surface area contributed by atoms with Crippen molar-refractivity contribution in [2.45, 2.75) is 17.9 Å². The molecule has 0 saturated carbocycles. The number of aliphatic hydroxyl groups excluding tert-OH is 1. The Morgan fingerprint density at radius 3 is 2.47 bits per heavy atom. The Bertz CT molecular complexity index is 698. The smallest absolute Gasteiger partial charge is 0.241 e. The van der Waals surface area contributed by atoms with Crippen LogP contribution in [0.3, 0.4) is 0 Å². The van der Waals surface area contributed by atoms with Gasteiger partial charge in [-0.1, -0.05) is 40.2 Å². The molecule has 1 atom stereocenters. The van der Waals surface area contributed by atoms with Crippen LogP contribution in [0.2, 0.25) is 0 Å². The predicted octanol–water partition coefficient (Wildman–Crippen LogP) is 2.26. The molecule has 0 fully saturated rings. The molecule has 2 rings (SSSR count). The number of halogens is 1. The first-order valence-corrected chi connectivity index (χ1v) is 8.04. The summed E-state index contributed by atoms with van der Waals surface area (Å²) in [6, 6.07) is 10.5. The Labute approximate surface area is 120 Å². The fourth-order valence-electron chi connectivity index (χ4n) is 1.78. The average Bonchev–Trinajstić information content (AvgIpc) is 2.37. The first-order chi connectivity index (χ1) is 8.92. The van der Waals surface area contributed by atoms with Crippen molar-refractivity contribution in [3.8, 4) is 0 Å². The van der Waals surface area contributed by atoms with E-state index in [1.54, 1.807) is 24.3 Å². The van der Waals surface area contributed by atoms with Crippen molar-refractivity contribution < 1.29 is 13.5 Å². The van der Waals surface area contributed by atoms with Gasteiger partial charge in [-0.3, -0.25) is 0 Å². The van der Waals surface area contributed by atoms with Gasteiger partial charge in [-0.25, -0.2) is 13.1 Å².